The number of pyridine rings is 1. The summed E-state index contributed by atoms with van der Waals surface area (Å²) >= 11 is 10.7. The highest BCUT2D eigenvalue weighted by molar-refractivity contribution is 9.11. The predicted octanol–water partition coefficient (Wildman–Crippen LogP) is 7.04. The van der Waals surface area contributed by atoms with Crippen LogP contribution in [0.2, 0.25) is 0 Å². The second-order valence-electron chi connectivity index (χ2n) is 7.96. The van der Waals surface area contributed by atoms with Crippen molar-refractivity contribution in [2.45, 2.75) is 39.2 Å². The first-order chi connectivity index (χ1) is 15.9. The third-order valence-electron chi connectivity index (χ3n) is 5.18. The molecule has 0 aliphatic carbocycles. The van der Waals surface area contributed by atoms with Crippen molar-refractivity contribution in [2.24, 2.45) is 0 Å². The lowest BCUT2D eigenvalue weighted by Crippen LogP contribution is -2.07. The molecule has 0 aliphatic heterocycles. The van der Waals surface area contributed by atoms with Gasteiger partial charge in [0, 0.05) is 20.1 Å². The molecule has 0 saturated carbocycles. The third-order valence-corrected chi connectivity index (χ3v) is 6.50. The molecule has 2 aromatic heterocycles. The summed E-state index contributed by atoms with van der Waals surface area (Å²) in [7, 11) is 0. The Balaban J connectivity index is 1.55. The highest BCUT2D eigenvalue weighted by atomic mass is 79.9. The quantitative estimate of drug-likeness (QED) is 0.210. The van der Waals surface area contributed by atoms with Crippen LogP contribution in [0.15, 0.2) is 62.1 Å². The van der Waals surface area contributed by atoms with E-state index < -0.39 is 0 Å². The smallest absolute Gasteiger partial charge is 0.204 e. The Kier molecular flexibility index (Phi) is 7.93. The zero-order valence-corrected chi connectivity index (χ0v) is 22.9. The van der Waals surface area contributed by atoms with Gasteiger partial charge in [0.25, 0.3) is 0 Å². The minimum atomic E-state index is 0.307. The van der Waals surface area contributed by atoms with Gasteiger partial charge in [0.15, 0.2) is 0 Å². The molecule has 0 amide bonds. The highest BCUT2D eigenvalue weighted by Crippen LogP contribution is 2.33. The molecule has 0 radical (unpaired) electrons. The lowest BCUT2D eigenvalue weighted by molar-refractivity contribution is 0.296. The van der Waals surface area contributed by atoms with Crippen LogP contribution in [0, 0.1) is 0 Å². The zero-order chi connectivity index (χ0) is 23.4. The van der Waals surface area contributed by atoms with E-state index in [1.165, 1.54) is 5.56 Å². The minimum Gasteiger partial charge on any atom is -0.487 e. The molecule has 6 nitrogen and oxygen atoms in total. The van der Waals surface area contributed by atoms with E-state index in [-0.39, 0.29) is 0 Å². The number of aryl methyl sites for hydroxylation is 2. The molecule has 2 aromatic carbocycles. The van der Waals surface area contributed by atoms with Crippen LogP contribution in [-0.4, -0.2) is 25.6 Å². The fourth-order valence-electron chi connectivity index (χ4n) is 3.55. The van der Waals surface area contributed by atoms with Crippen molar-refractivity contribution in [3.8, 4) is 17.1 Å². The van der Waals surface area contributed by atoms with Gasteiger partial charge in [-0.15, -0.1) is 10.2 Å². The molecule has 33 heavy (non-hydrogen) atoms. The largest absolute Gasteiger partial charge is 0.487 e. The number of hydrogen-bond acceptors (Lipinski definition) is 5. The number of H-pyrrole nitrogens is 1. The monoisotopic (exact) mass is 633 g/mol. The molecule has 0 bridgehead atoms. The molecule has 4 rings (SSSR count). The van der Waals surface area contributed by atoms with Gasteiger partial charge < -0.3 is 4.74 Å². The zero-order valence-electron chi connectivity index (χ0n) is 18.1. The van der Waals surface area contributed by atoms with Crippen molar-refractivity contribution in [1.82, 2.24) is 25.6 Å². The van der Waals surface area contributed by atoms with E-state index >= 15 is 0 Å². The molecule has 0 aliphatic rings. The molecule has 1 N–H and O–H groups in total. The maximum absolute atomic E-state index is 6.39. The second kappa shape index (κ2) is 10.9. The molecule has 0 atom stereocenters. The van der Waals surface area contributed by atoms with Crippen molar-refractivity contribution < 1.29 is 4.74 Å². The lowest BCUT2D eigenvalue weighted by Gasteiger charge is -2.18. The number of nitrogens with one attached hydrogen (secondary N) is 1. The molecule has 4 aromatic rings. The van der Waals surface area contributed by atoms with Gasteiger partial charge in [-0.05, 0) is 75.3 Å². The summed E-state index contributed by atoms with van der Waals surface area (Å²) in [6.07, 6.45) is 1.60. The summed E-state index contributed by atoms with van der Waals surface area (Å²) in [6.45, 7) is 4.81. The van der Waals surface area contributed by atoms with Gasteiger partial charge in [-0.3, -0.25) is 0 Å². The molecule has 0 spiro atoms. The molecule has 0 saturated heterocycles. The number of ether oxygens (including phenoxy) is 1. The molecule has 0 unspecified atom stereocenters. The third kappa shape index (κ3) is 6.28. The number of aromatic nitrogens is 5. The van der Waals surface area contributed by atoms with Crippen molar-refractivity contribution in [2.75, 3.05) is 0 Å². The number of aromatic amines is 1. The van der Waals surface area contributed by atoms with Crippen molar-refractivity contribution in [1.29, 1.82) is 0 Å². The van der Waals surface area contributed by atoms with E-state index in [4.69, 9.17) is 9.72 Å². The Morgan fingerprint density at radius 1 is 0.909 bits per heavy atom. The number of halogens is 3. The molecule has 0 fully saturated rings. The maximum atomic E-state index is 6.39. The van der Waals surface area contributed by atoms with E-state index in [0.717, 1.165) is 54.5 Å². The fourth-order valence-corrected chi connectivity index (χ4v) is 5.40. The van der Waals surface area contributed by atoms with Crippen molar-refractivity contribution in [3.63, 3.8) is 0 Å². The van der Waals surface area contributed by atoms with Crippen LogP contribution in [0.5, 0.6) is 5.75 Å². The van der Waals surface area contributed by atoms with Crippen LogP contribution in [0.4, 0.5) is 0 Å². The average molecular weight is 636 g/mol. The molecular weight excluding hydrogens is 614 g/mol. The second-order valence-corrected chi connectivity index (χ2v) is 10.6. The summed E-state index contributed by atoms with van der Waals surface area (Å²) < 4.78 is 9.23. The summed E-state index contributed by atoms with van der Waals surface area (Å²) in [5.41, 5.74) is 5.31. The Hall–Kier alpha value is -2.10. The maximum Gasteiger partial charge on any atom is 0.204 e. The van der Waals surface area contributed by atoms with Gasteiger partial charge in [-0.2, -0.15) is 5.21 Å². The van der Waals surface area contributed by atoms with Gasteiger partial charge in [-0.1, -0.05) is 70.0 Å². The molecular formula is C24H22Br3N5O. The number of nitrogens with zero attached hydrogens (tertiary/aromatic N) is 4. The predicted molar refractivity (Wildman–Crippen MR) is 139 cm³/mol. The average Bonchev–Trinajstić information content (AvgIpc) is 3.31. The summed E-state index contributed by atoms with van der Waals surface area (Å²) in [6, 6.07) is 16.4. The summed E-state index contributed by atoms with van der Waals surface area (Å²) in [4.78, 5) is 4.78. The SMILES string of the molecule is CC(C)c1cc(Br)nc(CCc2ccc(-c3nn[nH]n3)cc2)c1OCc1cc(Br)cc(Br)c1. The Morgan fingerprint density at radius 3 is 2.27 bits per heavy atom. The summed E-state index contributed by atoms with van der Waals surface area (Å²) in [5.74, 6) is 1.76. The summed E-state index contributed by atoms with van der Waals surface area (Å²) in [5, 5.41) is 14.2. The molecule has 170 valence electrons. The fraction of sp³-hybridized carbons (Fsp3) is 0.250. The van der Waals surface area contributed by atoms with Gasteiger partial charge in [0.05, 0.1) is 5.69 Å². The normalized spacial score (nSPS) is 11.2. The van der Waals surface area contributed by atoms with E-state index in [9.17, 15) is 0 Å². The molecule has 2 heterocycles. The van der Waals surface area contributed by atoms with E-state index in [2.05, 4.69) is 113 Å². The van der Waals surface area contributed by atoms with Crippen LogP contribution >= 0.6 is 47.8 Å². The van der Waals surface area contributed by atoms with Crippen LogP contribution < -0.4 is 4.74 Å². The number of hydrogen-bond donors (Lipinski definition) is 1. The highest BCUT2D eigenvalue weighted by Gasteiger charge is 2.17. The Labute approximate surface area is 218 Å². The van der Waals surface area contributed by atoms with E-state index in [1.807, 2.05) is 18.2 Å². The van der Waals surface area contributed by atoms with Crippen molar-refractivity contribution >= 4 is 47.8 Å². The Bertz CT molecular complexity index is 1210. The van der Waals surface area contributed by atoms with Crippen LogP contribution in [0.25, 0.3) is 11.4 Å². The van der Waals surface area contributed by atoms with E-state index in [0.29, 0.717) is 18.3 Å². The van der Waals surface area contributed by atoms with E-state index in [1.54, 1.807) is 0 Å². The number of benzene rings is 2. The topological polar surface area (TPSA) is 76.6 Å². The van der Waals surface area contributed by atoms with Gasteiger partial charge in [0.1, 0.15) is 17.0 Å². The van der Waals surface area contributed by atoms with Gasteiger partial charge in [0.2, 0.25) is 5.82 Å². The first-order valence-electron chi connectivity index (χ1n) is 10.5. The van der Waals surface area contributed by atoms with Gasteiger partial charge in [-0.25, -0.2) is 4.98 Å². The minimum absolute atomic E-state index is 0.307. The first kappa shape index (κ1) is 24.0. The van der Waals surface area contributed by atoms with Crippen molar-refractivity contribution in [3.05, 3.63) is 84.5 Å². The van der Waals surface area contributed by atoms with Gasteiger partial charge >= 0.3 is 0 Å². The standard InChI is InChI=1S/C24H22Br3N5O/c1-14(2)20-12-22(27)28-21(23(20)33-13-16-9-18(25)11-19(26)10-16)8-5-15-3-6-17(7-4-15)24-29-31-32-30-24/h3-4,6-7,9-12,14H,5,8,13H2,1-2H3,(H,29,30,31,32). The number of rotatable bonds is 8. The first-order valence-corrected chi connectivity index (χ1v) is 12.9. The Morgan fingerprint density at radius 2 is 1.64 bits per heavy atom. The van der Waals surface area contributed by atoms with Crippen LogP contribution in [0.3, 0.4) is 0 Å². The molecule has 9 heteroatoms. The van der Waals surface area contributed by atoms with Crippen LogP contribution in [-0.2, 0) is 19.4 Å². The lowest BCUT2D eigenvalue weighted by atomic mass is 9.99. The van der Waals surface area contributed by atoms with Crippen LogP contribution in [0.1, 0.15) is 42.1 Å². The number of tetrazole rings is 1.